The van der Waals surface area contributed by atoms with Gasteiger partial charge in [-0.05, 0) is 41.0 Å². The van der Waals surface area contributed by atoms with E-state index in [1.165, 1.54) is 0 Å². The normalized spacial score (nSPS) is 10.6. The molecule has 4 aromatic rings. The molecule has 0 aliphatic heterocycles. The van der Waals surface area contributed by atoms with E-state index in [4.69, 9.17) is 26.2 Å². The highest BCUT2D eigenvalue weighted by atomic mass is 35.5. The lowest BCUT2D eigenvalue weighted by molar-refractivity contribution is -0.139. The van der Waals surface area contributed by atoms with Crippen molar-refractivity contribution in [2.24, 2.45) is 0 Å². The molecule has 36 heavy (non-hydrogen) atoms. The summed E-state index contributed by atoms with van der Waals surface area (Å²) in [5.41, 5.74) is 3.66. The number of aromatic carboxylic acids is 1. The molecule has 4 rings (SSSR count). The number of halogens is 1. The maximum Gasteiger partial charge on any atom is 0.349 e. The highest BCUT2D eigenvalue weighted by Crippen LogP contribution is 2.45. The quantitative estimate of drug-likeness (QED) is 0.208. The van der Waals surface area contributed by atoms with Gasteiger partial charge in [0, 0.05) is 12.2 Å². The van der Waals surface area contributed by atoms with Gasteiger partial charge in [0.2, 0.25) is 0 Å². The van der Waals surface area contributed by atoms with Crippen molar-refractivity contribution in [3.05, 3.63) is 99.9 Å². The third kappa shape index (κ3) is 6.35. The number of carbonyl (C=O) groups is 2. The Morgan fingerprint density at radius 1 is 0.889 bits per heavy atom. The Kier molecular flexibility index (Phi) is 8.10. The lowest BCUT2D eigenvalue weighted by Gasteiger charge is -2.10. The highest BCUT2D eigenvalue weighted by Gasteiger charge is 2.24. The Labute approximate surface area is 216 Å². The lowest BCUT2D eigenvalue weighted by atomic mass is 10.1. The molecular formula is C27H22ClNO6S. The summed E-state index contributed by atoms with van der Waals surface area (Å²) in [4.78, 5) is 22.8. The van der Waals surface area contributed by atoms with Crippen molar-refractivity contribution in [2.45, 2.75) is 13.2 Å². The van der Waals surface area contributed by atoms with E-state index in [2.05, 4.69) is 5.32 Å². The van der Waals surface area contributed by atoms with Gasteiger partial charge in [-0.2, -0.15) is 0 Å². The van der Waals surface area contributed by atoms with Crippen LogP contribution in [-0.4, -0.2) is 28.8 Å². The Hall–Kier alpha value is -4.01. The number of benzene rings is 3. The molecular weight excluding hydrogens is 502 g/mol. The number of aliphatic carboxylic acids is 1. The largest absolute Gasteiger partial charge is 0.489 e. The van der Waals surface area contributed by atoms with E-state index in [-0.39, 0.29) is 15.6 Å². The average Bonchev–Trinajstić information content (AvgIpc) is 3.22. The molecule has 184 valence electrons. The minimum atomic E-state index is -1.24. The number of carboxylic acids is 2. The summed E-state index contributed by atoms with van der Waals surface area (Å²) in [6, 6.07) is 25.1. The number of thiophene rings is 1. The fraction of sp³-hybridized carbons (Fsp3) is 0.111. The molecule has 3 aromatic carbocycles. The summed E-state index contributed by atoms with van der Waals surface area (Å²) in [6.07, 6.45) is 0. The van der Waals surface area contributed by atoms with E-state index in [1.807, 2.05) is 72.8 Å². The molecule has 0 unspecified atom stereocenters. The van der Waals surface area contributed by atoms with E-state index >= 15 is 0 Å². The SMILES string of the molecule is O=C(O)COc1c(C(=O)O)sc(-c2cccc(NCc3ccc(OCc4ccccc4)cc3)c2)c1Cl. The van der Waals surface area contributed by atoms with Gasteiger partial charge in [0.05, 0.1) is 4.88 Å². The predicted octanol–water partition coefficient (Wildman–Crippen LogP) is 6.42. The van der Waals surface area contributed by atoms with Gasteiger partial charge >= 0.3 is 11.9 Å². The summed E-state index contributed by atoms with van der Waals surface area (Å²) in [6.45, 7) is 0.380. The monoisotopic (exact) mass is 523 g/mol. The summed E-state index contributed by atoms with van der Waals surface area (Å²) < 4.78 is 11.0. The van der Waals surface area contributed by atoms with E-state index in [9.17, 15) is 14.7 Å². The second kappa shape index (κ2) is 11.6. The zero-order valence-electron chi connectivity index (χ0n) is 18.9. The zero-order valence-corrected chi connectivity index (χ0v) is 20.5. The number of ether oxygens (including phenoxy) is 2. The van der Waals surface area contributed by atoms with E-state index in [0.29, 0.717) is 23.6 Å². The third-order valence-electron chi connectivity index (χ3n) is 5.14. The smallest absolute Gasteiger partial charge is 0.349 e. The molecule has 0 amide bonds. The van der Waals surface area contributed by atoms with Crippen LogP contribution in [0.15, 0.2) is 78.9 Å². The molecule has 0 saturated carbocycles. The Morgan fingerprint density at radius 3 is 2.33 bits per heavy atom. The van der Waals surface area contributed by atoms with Crippen LogP contribution in [0.1, 0.15) is 20.8 Å². The van der Waals surface area contributed by atoms with Crippen LogP contribution in [0.25, 0.3) is 10.4 Å². The standard InChI is InChI=1S/C27H22ClNO6S/c28-23-24(35-16-22(30)31)26(27(32)33)36-25(23)19-7-4-8-20(13-19)29-14-17-9-11-21(12-10-17)34-15-18-5-2-1-3-6-18/h1-13,29H,14-16H2,(H,30,31)(H,32,33). The van der Waals surface area contributed by atoms with Gasteiger partial charge in [0.1, 0.15) is 17.4 Å². The van der Waals surface area contributed by atoms with Crippen LogP contribution in [-0.2, 0) is 17.9 Å². The van der Waals surface area contributed by atoms with Gasteiger partial charge < -0.3 is 25.0 Å². The van der Waals surface area contributed by atoms with Gasteiger partial charge in [0.15, 0.2) is 17.2 Å². The van der Waals surface area contributed by atoms with Crippen molar-refractivity contribution < 1.29 is 29.3 Å². The molecule has 0 fully saturated rings. The minimum absolute atomic E-state index is 0.0712. The molecule has 0 radical (unpaired) electrons. The zero-order chi connectivity index (χ0) is 25.5. The molecule has 0 atom stereocenters. The maximum absolute atomic E-state index is 11.6. The molecule has 0 aliphatic carbocycles. The Morgan fingerprint density at radius 2 is 1.64 bits per heavy atom. The molecule has 0 saturated heterocycles. The van der Waals surface area contributed by atoms with Crippen molar-refractivity contribution in [1.29, 1.82) is 0 Å². The van der Waals surface area contributed by atoms with Gasteiger partial charge in [-0.25, -0.2) is 9.59 Å². The molecule has 1 heterocycles. The fourth-order valence-electron chi connectivity index (χ4n) is 3.40. The topological polar surface area (TPSA) is 105 Å². The van der Waals surface area contributed by atoms with Crippen molar-refractivity contribution >= 4 is 40.6 Å². The lowest BCUT2D eigenvalue weighted by Crippen LogP contribution is -2.10. The number of carboxylic acid groups (broad SMARTS) is 2. The number of nitrogens with one attached hydrogen (secondary N) is 1. The molecule has 3 N–H and O–H groups in total. The predicted molar refractivity (Wildman–Crippen MR) is 139 cm³/mol. The van der Waals surface area contributed by atoms with E-state index in [0.717, 1.165) is 33.9 Å². The number of anilines is 1. The number of hydrogen-bond acceptors (Lipinski definition) is 6. The molecule has 0 aliphatic rings. The summed E-state index contributed by atoms with van der Waals surface area (Å²) >= 11 is 7.33. The van der Waals surface area contributed by atoms with Gasteiger partial charge in [-0.3, -0.25) is 0 Å². The second-order valence-corrected chi connectivity index (χ2v) is 9.14. The highest BCUT2D eigenvalue weighted by molar-refractivity contribution is 7.18. The van der Waals surface area contributed by atoms with Gasteiger partial charge in [0.25, 0.3) is 0 Å². The van der Waals surface area contributed by atoms with Gasteiger partial charge in [-0.15, -0.1) is 11.3 Å². The summed E-state index contributed by atoms with van der Waals surface area (Å²) in [5, 5.41) is 21.8. The molecule has 1 aromatic heterocycles. The maximum atomic E-state index is 11.6. The van der Waals surface area contributed by atoms with Crippen LogP contribution >= 0.6 is 22.9 Å². The number of hydrogen-bond donors (Lipinski definition) is 3. The van der Waals surface area contributed by atoms with Crippen molar-refractivity contribution in [3.8, 4) is 21.9 Å². The molecule has 0 spiro atoms. The average molecular weight is 524 g/mol. The van der Waals surface area contributed by atoms with Crippen LogP contribution < -0.4 is 14.8 Å². The third-order valence-corrected chi connectivity index (χ3v) is 6.82. The first-order valence-corrected chi connectivity index (χ1v) is 12.1. The minimum Gasteiger partial charge on any atom is -0.489 e. The summed E-state index contributed by atoms with van der Waals surface area (Å²) in [5.74, 6) is -1.82. The van der Waals surface area contributed by atoms with Crippen LogP contribution in [0.3, 0.4) is 0 Å². The van der Waals surface area contributed by atoms with Gasteiger partial charge in [-0.1, -0.05) is 66.2 Å². The first kappa shape index (κ1) is 25.1. The Balaban J connectivity index is 1.42. The summed E-state index contributed by atoms with van der Waals surface area (Å²) in [7, 11) is 0. The first-order chi connectivity index (χ1) is 17.4. The Bertz CT molecular complexity index is 1350. The van der Waals surface area contributed by atoms with Crippen LogP contribution in [0.2, 0.25) is 5.02 Å². The van der Waals surface area contributed by atoms with Crippen LogP contribution in [0.4, 0.5) is 5.69 Å². The molecule has 0 bridgehead atoms. The fourth-order valence-corrected chi connectivity index (χ4v) is 4.81. The van der Waals surface area contributed by atoms with Crippen LogP contribution in [0.5, 0.6) is 11.5 Å². The first-order valence-electron chi connectivity index (χ1n) is 10.9. The van der Waals surface area contributed by atoms with E-state index < -0.39 is 18.5 Å². The van der Waals surface area contributed by atoms with Crippen molar-refractivity contribution in [1.82, 2.24) is 0 Å². The second-order valence-electron chi connectivity index (χ2n) is 7.74. The molecule has 7 nitrogen and oxygen atoms in total. The van der Waals surface area contributed by atoms with Crippen LogP contribution in [0, 0.1) is 0 Å². The van der Waals surface area contributed by atoms with Crippen molar-refractivity contribution in [2.75, 3.05) is 11.9 Å². The van der Waals surface area contributed by atoms with Crippen molar-refractivity contribution in [3.63, 3.8) is 0 Å². The number of rotatable bonds is 11. The molecule has 9 heteroatoms. The van der Waals surface area contributed by atoms with E-state index in [1.54, 1.807) is 6.07 Å².